The summed E-state index contributed by atoms with van der Waals surface area (Å²) >= 11 is 1.55. The summed E-state index contributed by atoms with van der Waals surface area (Å²) in [5, 5.41) is 0.290. The lowest BCUT2D eigenvalue weighted by Crippen LogP contribution is -2.62. The lowest BCUT2D eigenvalue weighted by Gasteiger charge is -2.47. The largest absolute Gasteiger partial charge is 0.327 e. The summed E-state index contributed by atoms with van der Waals surface area (Å²) in [6.07, 6.45) is 2.83. The maximum absolute atomic E-state index is 13.2. The Balaban J connectivity index is 1.41. The highest BCUT2D eigenvalue weighted by Gasteiger charge is 2.51. The lowest BCUT2D eigenvalue weighted by atomic mass is 9.81. The minimum atomic E-state index is -3.53. The van der Waals surface area contributed by atoms with E-state index >= 15 is 0 Å². The molecule has 3 unspecified atom stereocenters. The molecule has 1 aliphatic heterocycles. The van der Waals surface area contributed by atoms with Crippen LogP contribution in [0.15, 0.2) is 30.3 Å². The number of amides is 3. The molecule has 0 spiro atoms. The van der Waals surface area contributed by atoms with E-state index in [0.717, 1.165) is 38.9 Å². The summed E-state index contributed by atoms with van der Waals surface area (Å²) < 4.78 is 28.9. The highest BCUT2D eigenvalue weighted by Crippen LogP contribution is 2.41. The first-order chi connectivity index (χ1) is 16.1. The first kappa shape index (κ1) is 23.4. The number of thiazole rings is 1. The van der Waals surface area contributed by atoms with Gasteiger partial charge in [-0.2, -0.15) is 0 Å². The first-order valence-electron chi connectivity index (χ1n) is 11.7. The van der Waals surface area contributed by atoms with Gasteiger partial charge in [-0.15, -0.1) is 11.3 Å². The van der Waals surface area contributed by atoms with Gasteiger partial charge in [0.15, 0.2) is 0 Å². The van der Waals surface area contributed by atoms with Gasteiger partial charge in [-0.25, -0.2) is 22.9 Å². The Morgan fingerprint density at radius 2 is 1.88 bits per heavy atom. The molecule has 1 saturated heterocycles. The van der Waals surface area contributed by atoms with Crippen LogP contribution >= 0.6 is 11.3 Å². The molecule has 3 amide bonds. The molecule has 34 heavy (non-hydrogen) atoms. The fraction of sp³-hybridized carbons (Fsp3) is 0.542. The van der Waals surface area contributed by atoms with Crippen LogP contribution in [0.2, 0.25) is 0 Å². The average Bonchev–Trinajstić information content (AvgIpc) is 3.41. The zero-order valence-corrected chi connectivity index (χ0v) is 21.3. The van der Waals surface area contributed by atoms with E-state index in [2.05, 4.69) is 4.72 Å². The molecular weight excluding hydrogens is 472 g/mol. The minimum absolute atomic E-state index is 0.232. The Hall–Kier alpha value is -2.30. The lowest BCUT2D eigenvalue weighted by molar-refractivity contribution is -0.139. The molecule has 2 aliphatic carbocycles. The van der Waals surface area contributed by atoms with Crippen molar-refractivity contribution < 1.29 is 18.0 Å². The van der Waals surface area contributed by atoms with Crippen LogP contribution < -0.4 is 4.72 Å². The highest BCUT2D eigenvalue weighted by atomic mass is 32.2. The number of nitrogens with one attached hydrogen (secondary N) is 1. The Bertz CT molecular complexity index is 1220. The molecule has 5 rings (SSSR count). The van der Waals surface area contributed by atoms with Crippen molar-refractivity contribution >= 4 is 33.3 Å². The number of imide groups is 1. The average molecular weight is 503 g/mol. The second-order valence-corrected chi connectivity index (χ2v) is 13.2. The van der Waals surface area contributed by atoms with Crippen molar-refractivity contribution in [3.8, 4) is 11.3 Å². The molecule has 1 aromatic carbocycles. The number of fused-ring (bicyclic) bond motifs is 1. The fourth-order valence-electron chi connectivity index (χ4n) is 5.17. The topological polar surface area (TPSA) is 99.7 Å². The number of sulfonamides is 1. The standard InChI is InChI=1S/C24H30N4O4S2/c1-15-25-21(16-7-5-4-6-8-16)20(33-15)14-28-19-10-9-17(34(31,32)26-24(2)11-12-24)13-18(19)22(29)27(3)23(28)30/h4-8,17-19,26H,9-14H2,1-3H3. The van der Waals surface area contributed by atoms with Crippen LogP contribution in [0.4, 0.5) is 4.79 Å². The monoisotopic (exact) mass is 502 g/mol. The van der Waals surface area contributed by atoms with Crippen LogP contribution in [0.25, 0.3) is 11.3 Å². The van der Waals surface area contributed by atoms with Crippen LogP contribution in [0, 0.1) is 12.8 Å². The Morgan fingerprint density at radius 1 is 1.18 bits per heavy atom. The predicted molar refractivity (Wildman–Crippen MR) is 131 cm³/mol. The molecule has 2 heterocycles. The third-order valence-electron chi connectivity index (χ3n) is 7.34. The quantitative estimate of drug-likeness (QED) is 0.652. The molecule has 182 valence electrons. The van der Waals surface area contributed by atoms with Gasteiger partial charge < -0.3 is 4.90 Å². The molecule has 3 fully saturated rings. The number of rotatable bonds is 6. The molecule has 0 radical (unpaired) electrons. The number of hydrogen-bond donors (Lipinski definition) is 1. The van der Waals surface area contributed by atoms with Crippen molar-refractivity contribution in [2.24, 2.45) is 5.92 Å². The Morgan fingerprint density at radius 3 is 2.56 bits per heavy atom. The van der Waals surface area contributed by atoms with Crippen LogP contribution in [0.1, 0.15) is 48.9 Å². The van der Waals surface area contributed by atoms with Gasteiger partial charge >= 0.3 is 6.03 Å². The van der Waals surface area contributed by atoms with Gasteiger partial charge in [0.25, 0.3) is 0 Å². The molecule has 3 atom stereocenters. The number of urea groups is 1. The van der Waals surface area contributed by atoms with E-state index in [9.17, 15) is 18.0 Å². The van der Waals surface area contributed by atoms with Crippen molar-refractivity contribution in [2.75, 3.05) is 7.05 Å². The number of aryl methyl sites for hydroxylation is 1. The van der Waals surface area contributed by atoms with Crippen molar-refractivity contribution in [1.82, 2.24) is 19.5 Å². The molecule has 10 heteroatoms. The summed E-state index contributed by atoms with van der Waals surface area (Å²) in [4.78, 5) is 34.9. The van der Waals surface area contributed by atoms with Crippen LogP contribution in [0.5, 0.6) is 0 Å². The Labute approximate surface area is 204 Å². The van der Waals surface area contributed by atoms with E-state index in [1.807, 2.05) is 44.2 Å². The van der Waals surface area contributed by atoms with E-state index in [-0.39, 0.29) is 29.9 Å². The molecule has 8 nitrogen and oxygen atoms in total. The van der Waals surface area contributed by atoms with E-state index < -0.39 is 21.2 Å². The highest BCUT2D eigenvalue weighted by molar-refractivity contribution is 7.90. The molecule has 1 aromatic heterocycles. The third-order valence-corrected chi connectivity index (χ3v) is 10.4. The first-order valence-corrected chi connectivity index (χ1v) is 14.1. The van der Waals surface area contributed by atoms with Crippen LogP contribution in [-0.2, 0) is 21.4 Å². The Kier molecular flexibility index (Phi) is 5.81. The van der Waals surface area contributed by atoms with Gasteiger partial charge in [0.05, 0.1) is 33.3 Å². The zero-order valence-electron chi connectivity index (χ0n) is 19.7. The fourth-order valence-corrected chi connectivity index (χ4v) is 8.09. The third kappa shape index (κ3) is 4.27. The molecule has 0 bridgehead atoms. The SMILES string of the molecule is Cc1nc(-c2ccccc2)c(CN2C(=O)N(C)C(=O)C3CC(S(=O)(=O)NC4(C)CC4)CCC32)s1. The summed E-state index contributed by atoms with van der Waals surface area (Å²) in [5.74, 6) is -0.813. The van der Waals surface area contributed by atoms with E-state index in [4.69, 9.17) is 4.98 Å². The van der Waals surface area contributed by atoms with Gasteiger partial charge in [-0.05, 0) is 46.0 Å². The number of nitrogens with zero attached hydrogens (tertiary/aromatic N) is 3. The zero-order chi connectivity index (χ0) is 24.3. The molecule has 1 N–H and O–H groups in total. The second kappa shape index (κ2) is 8.42. The maximum Gasteiger partial charge on any atom is 0.327 e. The predicted octanol–water partition coefficient (Wildman–Crippen LogP) is 3.52. The molecule has 2 saturated carbocycles. The van der Waals surface area contributed by atoms with Crippen molar-refractivity contribution in [3.05, 3.63) is 40.2 Å². The number of carbonyl (C=O) groups excluding carboxylic acids is 2. The number of benzene rings is 1. The van der Waals surface area contributed by atoms with Crippen molar-refractivity contribution in [2.45, 2.75) is 69.3 Å². The van der Waals surface area contributed by atoms with Crippen LogP contribution in [0.3, 0.4) is 0 Å². The minimum Gasteiger partial charge on any atom is -0.315 e. The second-order valence-electron chi connectivity index (χ2n) is 10.00. The van der Waals surface area contributed by atoms with Gasteiger partial charge in [0.1, 0.15) is 0 Å². The number of carbonyl (C=O) groups is 2. The summed E-state index contributed by atoms with van der Waals surface area (Å²) in [7, 11) is -2.04. The van der Waals surface area contributed by atoms with Gasteiger partial charge in [-0.1, -0.05) is 30.3 Å². The van der Waals surface area contributed by atoms with E-state index in [0.29, 0.717) is 19.4 Å². The maximum atomic E-state index is 13.2. The van der Waals surface area contributed by atoms with Crippen LogP contribution in [-0.4, -0.2) is 59.0 Å². The number of hydrogen-bond acceptors (Lipinski definition) is 6. The van der Waals surface area contributed by atoms with Gasteiger partial charge in [0, 0.05) is 24.2 Å². The summed E-state index contributed by atoms with van der Waals surface area (Å²) in [6.45, 7) is 4.21. The van der Waals surface area contributed by atoms with E-state index in [1.165, 1.54) is 7.05 Å². The van der Waals surface area contributed by atoms with Gasteiger partial charge in [0.2, 0.25) is 15.9 Å². The number of aromatic nitrogens is 1. The molecule has 2 aromatic rings. The smallest absolute Gasteiger partial charge is 0.315 e. The van der Waals surface area contributed by atoms with Gasteiger partial charge in [-0.3, -0.25) is 9.69 Å². The summed E-state index contributed by atoms with van der Waals surface area (Å²) in [5.41, 5.74) is 1.50. The van der Waals surface area contributed by atoms with Crippen molar-refractivity contribution in [3.63, 3.8) is 0 Å². The normalized spacial score (nSPS) is 26.5. The van der Waals surface area contributed by atoms with E-state index in [1.54, 1.807) is 16.2 Å². The molecule has 3 aliphatic rings. The molecular formula is C24H30N4O4S2. The van der Waals surface area contributed by atoms with Crippen molar-refractivity contribution in [1.29, 1.82) is 0 Å². The summed E-state index contributed by atoms with van der Waals surface area (Å²) in [6, 6.07) is 9.22.